The van der Waals surface area contributed by atoms with Crippen molar-refractivity contribution < 1.29 is 4.79 Å². The monoisotopic (exact) mass is 184 g/mol. The van der Waals surface area contributed by atoms with E-state index in [1.54, 1.807) is 4.90 Å². The van der Waals surface area contributed by atoms with Crippen LogP contribution in [-0.4, -0.2) is 49.4 Å². The maximum atomic E-state index is 11.8. The molecule has 0 aromatic heterocycles. The molecule has 1 amide bonds. The first-order valence-corrected chi connectivity index (χ1v) is 4.94. The molecule has 0 N–H and O–H groups in total. The third kappa shape index (κ3) is 2.02. The highest BCUT2D eigenvalue weighted by Gasteiger charge is 2.40. The Morgan fingerprint density at radius 2 is 2.15 bits per heavy atom. The molecule has 1 heterocycles. The zero-order valence-electron chi connectivity index (χ0n) is 9.13. The van der Waals surface area contributed by atoms with E-state index in [2.05, 4.69) is 18.7 Å². The van der Waals surface area contributed by atoms with Gasteiger partial charge in [-0.3, -0.25) is 4.79 Å². The van der Waals surface area contributed by atoms with E-state index >= 15 is 0 Å². The van der Waals surface area contributed by atoms with Crippen molar-refractivity contribution >= 4 is 5.91 Å². The van der Waals surface area contributed by atoms with Crippen LogP contribution in [0.3, 0.4) is 0 Å². The van der Waals surface area contributed by atoms with E-state index in [0.717, 1.165) is 26.1 Å². The van der Waals surface area contributed by atoms with Crippen LogP contribution in [0.5, 0.6) is 0 Å². The van der Waals surface area contributed by atoms with Crippen molar-refractivity contribution in [3.63, 3.8) is 0 Å². The van der Waals surface area contributed by atoms with Crippen LogP contribution in [0.4, 0.5) is 0 Å². The second kappa shape index (κ2) is 3.66. The van der Waals surface area contributed by atoms with Crippen LogP contribution in [0.25, 0.3) is 0 Å². The molecule has 76 valence electrons. The van der Waals surface area contributed by atoms with Gasteiger partial charge in [0.15, 0.2) is 0 Å². The predicted molar refractivity (Wildman–Crippen MR) is 53.5 cm³/mol. The van der Waals surface area contributed by atoms with Crippen LogP contribution in [-0.2, 0) is 4.79 Å². The molecule has 0 aliphatic carbocycles. The van der Waals surface area contributed by atoms with Crippen LogP contribution in [0.1, 0.15) is 20.3 Å². The summed E-state index contributed by atoms with van der Waals surface area (Å²) in [4.78, 5) is 15.9. The minimum Gasteiger partial charge on any atom is -0.348 e. The lowest BCUT2D eigenvalue weighted by Gasteiger charge is -2.26. The first-order chi connectivity index (χ1) is 5.99. The fourth-order valence-electron chi connectivity index (χ4n) is 2.04. The molecule has 3 heteroatoms. The fourth-order valence-corrected chi connectivity index (χ4v) is 2.04. The maximum absolute atomic E-state index is 11.8. The minimum atomic E-state index is -0.139. The molecule has 13 heavy (non-hydrogen) atoms. The molecular weight excluding hydrogens is 164 g/mol. The number of likely N-dealkylation sites (tertiary alicyclic amines) is 1. The zero-order chi connectivity index (χ0) is 10.1. The number of carbonyl (C=O) groups is 1. The first kappa shape index (κ1) is 10.5. The smallest absolute Gasteiger partial charge is 0.229 e. The number of amides is 1. The van der Waals surface area contributed by atoms with Gasteiger partial charge in [-0.25, -0.2) is 0 Å². The largest absolute Gasteiger partial charge is 0.348 e. The van der Waals surface area contributed by atoms with Crippen molar-refractivity contribution in [2.24, 2.45) is 5.41 Å². The Morgan fingerprint density at radius 1 is 1.54 bits per heavy atom. The molecule has 1 aliphatic heterocycles. The van der Waals surface area contributed by atoms with Crippen LogP contribution in [0, 0.1) is 5.41 Å². The third-order valence-electron chi connectivity index (χ3n) is 2.92. The van der Waals surface area contributed by atoms with E-state index in [-0.39, 0.29) is 11.3 Å². The summed E-state index contributed by atoms with van der Waals surface area (Å²) in [6.07, 6.45) is 0.998. The lowest BCUT2D eigenvalue weighted by molar-refractivity contribution is -0.137. The van der Waals surface area contributed by atoms with Crippen LogP contribution < -0.4 is 0 Å². The third-order valence-corrected chi connectivity index (χ3v) is 2.92. The molecule has 3 nitrogen and oxygen atoms in total. The molecule has 1 fully saturated rings. The van der Waals surface area contributed by atoms with E-state index in [4.69, 9.17) is 0 Å². The van der Waals surface area contributed by atoms with Gasteiger partial charge in [0.25, 0.3) is 0 Å². The van der Waals surface area contributed by atoms with Gasteiger partial charge < -0.3 is 9.80 Å². The molecule has 0 aromatic rings. The van der Waals surface area contributed by atoms with Crippen molar-refractivity contribution in [3.05, 3.63) is 0 Å². The van der Waals surface area contributed by atoms with Gasteiger partial charge in [0.2, 0.25) is 5.91 Å². The molecule has 1 atom stereocenters. The van der Waals surface area contributed by atoms with Gasteiger partial charge in [0, 0.05) is 20.6 Å². The molecule has 1 saturated heterocycles. The van der Waals surface area contributed by atoms with Gasteiger partial charge in [0.05, 0.1) is 5.41 Å². The van der Waals surface area contributed by atoms with E-state index in [1.807, 2.05) is 14.1 Å². The molecule has 0 spiro atoms. The number of hydrogen-bond acceptors (Lipinski definition) is 2. The van der Waals surface area contributed by atoms with Crippen molar-refractivity contribution in [1.82, 2.24) is 9.80 Å². The van der Waals surface area contributed by atoms with Crippen molar-refractivity contribution in [2.45, 2.75) is 20.3 Å². The quantitative estimate of drug-likeness (QED) is 0.634. The lowest BCUT2D eigenvalue weighted by Crippen LogP contribution is -2.40. The summed E-state index contributed by atoms with van der Waals surface area (Å²) in [5, 5.41) is 0. The van der Waals surface area contributed by atoms with Crippen molar-refractivity contribution in [3.8, 4) is 0 Å². The Morgan fingerprint density at radius 3 is 2.54 bits per heavy atom. The topological polar surface area (TPSA) is 23.6 Å². The summed E-state index contributed by atoms with van der Waals surface area (Å²) in [6.45, 7) is 7.25. The van der Waals surface area contributed by atoms with E-state index in [1.165, 1.54) is 0 Å². The Kier molecular flexibility index (Phi) is 2.96. The Bertz CT molecular complexity index is 203. The van der Waals surface area contributed by atoms with Gasteiger partial charge in [-0.2, -0.15) is 0 Å². The van der Waals surface area contributed by atoms with E-state index in [9.17, 15) is 4.79 Å². The Hall–Kier alpha value is -0.570. The highest BCUT2D eigenvalue weighted by molar-refractivity contribution is 5.82. The van der Waals surface area contributed by atoms with E-state index < -0.39 is 0 Å². The molecule has 1 rings (SSSR count). The van der Waals surface area contributed by atoms with Crippen LogP contribution in [0.15, 0.2) is 0 Å². The summed E-state index contributed by atoms with van der Waals surface area (Å²) >= 11 is 0. The SMILES string of the molecule is CCN1CCC(C)(C(=O)N(C)C)C1. The predicted octanol–water partition coefficient (Wildman–Crippen LogP) is 0.806. The second-order valence-electron chi connectivity index (χ2n) is 4.38. The summed E-state index contributed by atoms with van der Waals surface area (Å²) < 4.78 is 0. The van der Waals surface area contributed by atoms with Gasteiger partial charge in [-0.1, -0.05) is 6.92 Å². The molecule has 0 radical (unpaired) electrons. The molecule has 0 aromatic carbocycles. The van der Waals surface area contributed by atoms with Gasteiger partial charge >= 0.3 is 0 Å². The Balaban J connectivity index is 2.63. The number of nitrogens with zero attached hydrogens (tertiary/aromatic N) is 2. The maximum Gasteiger partial charge on any atom is 0.229 e. The summed E-state index contributed by atoms with van der Waals surface area (Å²) in [5.74, 6) is 0.267. The van der Waals surface area contributed by atoms with E-state index in [0.29, 0.717) is 0 Å². The average molecular weight is 184 g/mol. The summed E-state index contributed by atoms with van der Waals surface area (Å²) in [6, 6.07) is 0. The van der Waals surface area contributed by atoms with Gasteiger partial charge in [0.1, 0.15) is 0 Å². The molecule has 1 unspecified atom stereocenters. The zero-order valence-corrected chi connectivity index (χ0v) is 9.13. The van der Waals surface area contributed by atoms with Crippen molar-refractivity contribution in [1.29, 1.82) is 0 Å². The summed E-state index contributed by atoms with van der Waals surface area (Å²) in [7, 11) is 3.67. The highest BCUT2D eigenvalue weighted by atomic mass is 16.2. The molecule has 1 aliphatic rings. The normalized spacial score (nSPS) is 29.2. The standard InChI is InChI=1S/C10H20N2O/c1-5-12-7-6-10(2,8-12)9(13)11(3)4/h5-8H2,1-4H3. The fraction of sp³-hybridized carbons (Fsp3) is 0.900. The molecular formula is C10H20N2O. The number of rotatable bonds is 2. The number of hydrogen-bond donors (Lipinski definition) is 0. The minimum absolute atomic E-state index is 0.139. The van der Waals surface area contributed by atoms with Gasteiger partial charge in [-0.15, -0.1) is 0 Å². The summed E-state index contributed by atoms with van der Waals surface area (Å²) in [5.41, 5.74) is -0.139. The number of carbonyl (C=O) groups excluding carboxylic acids is 1. The van der Waals surface area contributed by atoms with Crippen LogP contribution in [0.2, 0.25) is 0 Å². The highest BCUT2D eigenvalue weighted by Crippen LogP contribution is 2.31. The molecule has 0 bridgehead atoms. The first-order valence-electron chi connectivity index (χ1n) is 4.94. The lowest BCUT2D eigenvalue weighted by atomic mass is 9.88. The molecule has 0 saturated carbocycles. The average Bonchev–Trinajstić information content (AvgIpc) is 2.47. The van der Waals surface area contributed by atoms with Gasteiger partial charge in [-0.05, 0) is 26.4 Å². The second-order valence-corrected chi connectivity index (χ2v) is 4.38. The van der Waals surface area contributed by atoms with Crippen molar-refractivity contribution in [2.75, 3.05) is 33.7 Å². The Labute approximate surface area is 80.7 Å². The van der Waals surface area contributed by atoms with Crippen LogP contribution >= 0.6 is 0 Å².